The van der Waals surface area contributed by atoms with E-state index in [-0.39, 0.29) is 0 Å². The number of fused-ring (bicyclic) bond motifs is 1. The van der Waals surface area contributed by atoms with Crippen molar-refractivity contribution in [1.29, 1.82) is 0 Å². The molecule has 0 N–H and O–H groups in total. The molecule has 1 aliphatic heterocycles. The fraction of sp³-hybridized carbons (Fsp3) is 0.562. The Morgan fingerprint density at radius 1 is 1.21 bits per heavy atom. The normalized spacial score (nSPS) is 17.2. The molecule has 1 aromatic carbocycles. The van der Waals surface area contributed by atoms with Crippen molar-refractivity contribution < 1.29 is 4.52 Å². The molecule has 1 saturated heterocycles. The summed E-state index contributed by atoms with van der Waals surface area (Å²) in [6.07, 6.45) is 2.40. The number of likely N-dealkylation sites (tertiary alicyclic amines) is 1. The summed E-state index contributed by atoms with van der Waals surface area (Å²) < 4.78 is 5.39. The third-order valence-electron chi connectivity index (χ3n) is 3.83. The lowest BCUT2D eigenvalue weighted by Gasteiger charge is -2.29. The smallest absolute Gasteiger partial charge is 0.167 e. The van der Waals surface area contributed by atoms with Gasteiger partial charge in [0.15, 0.2) is 5.58 Å². The summed E-state index contributed by atoms with van der Waals surface area (Å²) in [4.78, 5) is 2.50. The number of benzene rings is 1. The van der Waals surface area contributed by atoms with Crippen molar-refractivity contribution in [3.8, 4) is 0 Å². The van der Waals surface area contributed by atoms with E-state index in [9.17, 15) is 0 Å². The van der Waals surface area contributed by atoms with E-state index >= 15 is 0 Å². The van der Waals surface area contributed by atoms with Crippen LogP contribution in [-0.2, 0) is 0 Å². The van der Waals surface area contributed by atoms with Crippen molar-refractivity contribution in [3.05, 3.63) is 30.0 Å². The summed E-state index contributed by atoms with van der Waals surface area (Å²) in [5.41, 5.74) is 2.08. The van der Waals surface area contributed by atoms with Gasteiger partial charge < -0.3 is 9.42 Å². The van der Waals surface area contributed by atoms with Gasteiger partial charge in [-0.1, -0.05) is 38.1 Å². The van der Waals surface area contributed by atoms with Crippen LogP contribution >= 0.6 is 0 Å². The average molecular weight is 260 g/mol. The van der Waals surface area contributed by atoms with Gasteiger partial charge >= 0.3 is 0 Å². The van der Waals surface area contributed by atoms with E-state index in [0.717, 1.165) is 17.8 Å². The standard InChI is InChI=1S/C14H18N2O.C2H6/c1-2-16-9-7-11(8-10-16)14-12-5-3-4-6-13(12)17-15-14;1-2/h3-6,11H,2,7-10H2,1H3;1-2H3. The summed E-state index contributed by atoms with van der Waals surface area (Å²) in [7, 11) is 0. The SMILES string of the molecule is CC.CCN1CCC(c2noc3ccccc23)CC1. The number of aromatic nitrogens is 1. The molecule has 3 rings (SSSR count). The maximum atomic E-state index is 5.39. The van der Waals surface area contributed by atoms with Gasteiger partial charge in [-0.05, 0) is 44.6 Å². The first-order valence-corrected chi connectivity index (χ1v) is 7.45. The minimum absolute atomic E-state index is 0.571. The molecule has 2 aromatic rings. The highest BCUT2D eigenvalue weighted by molar-refractivity contribution is 5.79. The molecular formula is C16H24N2O. The minimum atomic E-state index is 0.571. The number of piperidine rings is 1. The van der Waals surface area contributed by atoms with Crippen molar-refractivity contribution in [1.82, 2.24) is 10.1 Å². The van der Waals surface area contributed by atoms with E-state index in [0.29, 0.717) is 5.92 Å². The Morgan fingerprint density at radius 3 is 2.58 bits per heavy atom. The first-order chi connectivity index (χ1) is 9.38. The summed E-state index contributed by atoms with van der Waals surface area (Å²) >= 11 is 0. The summed E-state index contributed by atoms with van der Waals surface area (Å²) in [6.45, 7) is 9.75. The lowest BCUT2D eigenvalue weighted by Crippen LogP contribution is -2.32. The number of hydrogen-bond acceptors (Lipinski definition) is 3. The number of nitrogens with zero attached hydrogens (tertiary/aromatic N) is 2. The van der Waals surface area contributed by atoms with Crippen LogP contribution in [0.25, 0.3) is 11.0 Å². The summed E-state index contributed by atoms with van der Waals surface area (Å²) in [5, 5.41) is 5.47. The third kappa shape index (κ3) is 2.98. The highest BCUT2D eigenvalue weighted by Gasteiger charge is 2.23. The van der Waals surface area contributed by atoms with Gasteiger partial charge in [0.2, 0.25) is 0 Å². The minimum Gasteiger partial charge on any atom is -0.356 e. The highest BCUT2D eigenvalue weighted by atomic mass is 16.5. The zero-order valence-electron chi connectivity index (χ0n) is 12.2. The second-order valence-corrected chi connectivity index (χ2v) is 4.77. The second-order valence-electron chi connectivity index (χ2n) is 4.77. The van der Waals surface area contributed by atoms with E-state index < -0.39 is 0 Å². The van der Waals surface area contributed by atoms with Crippen LogP contribution in [0.1, 0.15) is 45.2 Å². The molecule has 3 nitrogen and oxygen atoms in total. The summed E-state index contributed by atoms with van der Waals surface area (Å²) in [5.74, 6) is 0.571. The molecule has 0 saturated carbocycles. The first-order valence-electron chi connectivity index (χ1n) is 7.45. The van der Waals surface area contributed by atoms with Crippen LogP contribution < -0.4 is 0 Å². The van der Waals surface area contributed by atoms with Crippen molar-refractivity contribution in [3.63, 3.8) is 0 Å². The lowest BCUT2D eigenvalue weighted by atomic mass is 9.92. The molecule has 3 heteroatoms. The van der Waals surface area contributed by atoms with E-state index in [2.05, 4.69) is 29.1 Å². The molecule has 0 bridgehead atoms. The Balaban J connectivity index is 0.000000637. The van der Waals surface area contributed by atoms with E-state index in [1.54, 1.807) is 0 Å². The Hall–Kier alpha value is -1.35. The maximum Gasteiger partial charge on any atom is 0.167 e. The van der Waals surface area contributed by atoms with Crippen LogP contribution in [-0.4, -0.2) is 29.7 Å². The van der Waals surface area contributed by atoms with Crippen molar-refractivity contribution >= 4 is 11.0 Å². The van der Waals surface area contributed by atoms with Gasteiger partial charge in [0.1, 0.15) is 0 Å². The van der Waals surface area contributed by atoms with Gasteiger partial charge in [-0.3, -0.25) is 0 Å². The van der Waals surface area contributed by atoms with E-state index in [1.165, 1.54) is 31.3 Å². The largest absolute Gasteiger partial charge is 0.356 e. The molecule has 0 amide bonds. The predicted octanol–water partition coefficient (Wildman–Crippen LogP) is 4.05. The number of hydrogen-bond donors (Lipinski definition) is 0. The second kappa shape index (κ2) is 6.71. The zero-order chi connectivity index (χ0) is 13.7. The monoisotopic (exact) mass is 260 g/mol. The van der Waals surface area contributed by atoms with Gasteiger partial charge in [-0.25, -0.2) is 0 Å². The van der Waals surface area contributed by atoms with E-state index in [1.807, 2.05) is 26.0 Å². The van der Waals surface area contributed by atoms with Crippen LogP contribution in [0.3, 0.4) is 0 Å². The fourth-order valence-electron chi connectivity index (χ4n) is 2.72. The van der Waals surface area contributed by atoms with Crippen molar-refractivity contribution in [2.45, 2.75) is 39.5 Å². The molecule has 1 aliphatic rings. The van der Waals surface area contributed by atoms with Crippen LogP contribution in [0.15, 0.2) is 28.8 Å². The zero-order valence-corrected chi connectivity index (χ0v) is 12.2. The fourth-order valence-corrected chi connectivity index (χ4v) is 2.72. The summed E-state index contributed by atoms with van der Waals surface area (Å²) in [6, 6.07) is 8.17. The number of para-hydroxylation sites is 1. The molecule has 0 unspecified atom stereocenters. The van der Waals surface area contributed by atoms with E-state index in [4.69, 9.17) is 4.52 Å². The van der Waals surface area contributed by atoms with Gasteiger partial charge in [0.05, 0.1) is 5.69 Å². The maximum absolute atomic E-state index is 5.39. The Bertz CT molecular complexity index is 498. The van der Waals surface area contributed by atoms with Crippen LogP contribution in [0.2, 0.25) is 0 Å². The quantitative estimate of drug-likeness (QED) is 0.815. The molecule has 0 atom stereocenters. The highest BCUT2D eigenvalue weighted by Crippen LogP contribution is 2.32. The van der Waals surface area contributed by atoms with Crippen LogP contribution in [0.5, 0.6) is 0 Å². The molecular weight excluding hydrogens is 236 g/mol. The van der Waals surface area contributed by atoms with Gasteiger partial charge in [-0.2, -0.15) is 0 Å². The van der Waals surface area contributed by atoms with Gasteiger partial charge in [0.25, 0.3) is 0 Å². The Kier molecular flexibility index (Phi) is 4.97. The molecule has 2 heterocycles. The molecule has 19 heavy (non-hydrogen) atoms. The average Bonchev–Trinajstić information content (AvgIpc) is 2.93. The molecule has 1 aromatic heterocycles. The van der Waals surface area contributed by atoms with Gasteiger partial charge in [0, 0.05) is 11.3 Å². The topological polar surface area (TPSA) is 29.3 Å². The molecule has 0 radical (unpaired) electrons. The van der Waals surface area contributed by atoms with Crippen LogP contribution in [0, 0.1) is 0 Å². The number of rotatable bonds is 2. The molecule has 0 spiro atoms. The van der Waals surface area contributed by atoms with Crippen LogP contribution in [0.4, 0.5) is 0 Å². The van der Waals surface area contributed by atoms with Crippen molar-refractivity contribution in [2.75, 3.05) is 19.6 Å². The third-order valence-corrected chi connectivity index (χ3v) is 3.83. The molecule has 104 valence electrons. The predicted molar refractivity (Wildman–Crippen MR) is 79.4 cm³/mol. The van der Waals surface area contributed by atoms with Crippen molar-refractivity contribution in [2.24, 2.45) is 0 Å². The first kappa shape index (κ1) is 14.1. The van der Waals surface area contributed by atoms with Gasteiger partial charge in [-0.15, -0.1) is 0 Å². The Labute approximate surface area is 115 Å². The molecule has 0 aliphatic carbocycles. The Morgan fingerprint density at radius 2 is 1.89 bits per heavy atom. The molecule has 1 fully saturated rings. The lowest BCUT2D eigenvalue weighted by molar-refractivity contribution is 0.219.